The molecule has 1 fully saturated rings. The van der Waals surface area contributed by atoms with Crippen LogP contribution in [0.15, 0.2) is 4.99 Å². The van der Waals surface area contributed by atoms with Crippen LogP contribution < -0.4 is 5.32 Å². The predicted octanol–water partition coefficient (Wildman–Crippen LogP) is 1.76. The Morgan fingerprint density at radius 3 is 2.70 bits per heavy atom. The fourth-order valence-corrected chi connectivity index (χ4v) is 3.66. The van der Waals surface area contributed by atoms with E-state index < -0.39 is 0 Å². The lowest BCUT2D eigenvalue weighted by Crippen LogP contribution is -2.43. The van der Waals surface area contributed by atoms with Crippen LogP contribution in [0.25, 0.3) is 0 Å². The maximum absolute atomic E-state index is 12.0. The number of amides is 1. The molecule has 1 amide bonds. The molecule has 5 nitrogen and oxygen atoms in total. The van der Waals surface area contributed by atoms with Gasteiger partial charge in [0.25, 0.3) is 0 Å². The Labute approximate surface area is 144 Å². The summed E-state index contributed by atoms with van der Waals surface area (Å²) in [6, 6.07) is 0. The Balaban J connectivity index is 1.63. The van der Waals surface area contributed by atoms with Gasteiger partial charge >= 0.3 is 0 Å². The molecule has 1 saturated heterocycles. The second-order valence-corrected chi connectivity index (χ2v) is 8.90. The smallest absolute Gasteiger partial charge is 0.220 e. The second-order valence-electron chi connectivity index (χ2n) is 7.73. The maximum atomic E-state index is 12.0. The summed E-state index contributed by atoms with van der Waals surface area (Å²) in [5.41, 5.74) is -0.0717. The topological polar surface area (TPSA) is 64.9 Å². The van der Waals surface area contributed by atoms with Crippen LogP contribution in [-0.4, -0.2) is 65.5 Å². The van der Waals surface area contributed by atoms with E-state index in [0.29, 0.717) is 18.9 Å². The van der Waals surface area contributed by atoms with E-state index in [1.807, 2.05) is 0 Å². The summed E-state index contributed by atoms with van der Waals surface area (Å²) >= 11 is 1.74. The number of carbonyl (C=O) groups is 1. The Bertz CT molecular complexity index is 426. The fourth-order valence-electron chi connectivity index (χ4n) is 2.89. The van der Waals surface area contributed by atoms with Crippen molar-refractivity contribution in [3.8, 4) is 0 Å². The van der Waals surface area contributed by atoms with E-state index in [9.17, 15) is 9.90 Å². The van der Waals surface area contributed by atoms with E-state index in [1.54, 1.807) is 11.8 Å². The number of β-amino-alcohol motifs (C(OH)–C–C–N with tert-alkyl or cyclic N) is 1. The van der Waals surface area contributed by atoms with Crippen molar-refractivity contribution in [2.45, 2.75) is 46.1 Å². The summed E-state index contributed by atoms with van der Waals surface area (Å²) in [6.45, 7) is 10.4. The summed E-state index contributed by atoms with van der Waals surface area (Å²) in [5.74, 6) is 1.66. The minimum Gasteiger partial charge on any atom is -0.391 e. The largest absolute Gasteiger partial charge is 0.391 e. The number of likely N-dealkylation sites (tertiary alicyclic amines) is 1. The zero-order valence-corrected chi connectivity index (χ0v) is 15.5. The molecule has 2 rings (SSSR count). The number of aliphatic hydroxyl groups is 1. The van der Waals surface area contributed by atoms with Crippen LogP contribution in [0.4, 0.5) is 0 Å². The van der Waals surface area contributed by atoms with E-state index >= 15 is 0 Å². The zero-order valence-electron chi connectivity index (χ0n) is 14.7. The minimum atomic E-state index is -0.299. The first-order chi connectivity index (χ1) is 10.8. The first-order valence-electron chi connectivity index (χ1n) is 8.68. The molecule has 0 saturated carbocycles. The standard InChI is InChI=1S/C17H31N3O2S/c1-17(2,3)14(21)12-20-7-4-13(5-8-20)10-15(22)19-11-16-18-6-9-23-16/h13-14,21H,4-12H2,1-3H3,(H,19,22). The molecule has 23 heavy (non-hydrogen) atoms. The average Bonchev–Trinajstić information content (AvgIpc) is 2.99. The third-order valence-corrected chi connectivity index (χ3v) is 5.69. The normalized spacial score (nSPS) is 22.0. The molecule has 1 unspecified atom stereocenters. The molecular weight excluding hydrogens is 310 g/mol. The van der Waals surface area contributed by atoms with Crippen LogP contribution in [-0.2, 0) is 4.79 Å². The number of aliphatic imine (C=N–C) groups is 1. The summed E-state index contributed by atoms with van der Waals surface area (Å²) in [4.78, 5) is 18.7. The molecule has 2 N–H and O–H groups in total. The number of nitrogens with one attached hydrogen (secondary N) is 1. The van der Waals surface area contributed by atoms with Gasteiger partial charge in [0.05, 0.1) is 17.7 Å². The van der Waals surface area contributed by atoms with Gasteiger partial charge in [-0.25, -0.2) is 0 Å². The van der Waals surface area contributed by atoms with Crippen LogP contribution in [0.3, 0.4) is 0 Å². The molecule has 2 aliphatic heterocycles. The van der Waals surface area contributed by atoms with Crippen molar-refractivity contribution in [3.05, 3.63) is 0 Å². The molecule has 0 radical (unpaired) electrons. The summed E-state index contributed by atoms with van der Waals surface area (Å²) in [5, 5.41) is 14.3. The van der Waals surface area contributed by atoms with E-state index in [4.69, 9.17) is 0 Å². The molecule has 1 atom stereocenters. The monoisotopic (exact) mass is 341 g/mol. The van der Waals surface area contributed by atoms with Gasteiger partial charge in [-0.2, -0.15) is 0 Å². The number of hydrogen-bond donors (Lipinski definition) is 2. The van der Waals surface area contributed by atoms with Crippen LogP contribution in [0.2, 0.25) is 0 Å². The fraction of sp³-hybridized carbons (Fsp3) is 0.882. The number of nitrogens with zero attached hydrogens (tertiary/aromatic N) is 2. The Morgan fingerprint density at radius 2 is 2.13 bits per heavy atom. The van der Waals surface area contributed by atoms with E-state index in [-0.39, 0.29) is 17.4 Å². The summed E-state index contributed by atoms with van der Waals surface area (Å²) in [7, 11) is 0. The number of carbonyl (C=O) groups excluding carboxylic acids is 1. The average molecular weight is 342 g/mol. The molecular formula is C17H31N3O2S. The number of piperidine rings is 1. The minimum absolute atomic E-state index is 0.0717. The molecule has 0 aromatic heterocycles. The summed E-state index contributed by atoms with van der Waals surface area (Å²) < 4.78 is 0. The van der Waals surface area contributed by atoms with Gasteiger partial charge in [0.2, 0.25) is 5.91 Å². The number of aliphatic hydroxyl groups excluding tert-OH is 1. The molecule has 0 aliphatic carbocycles. The highest BCUT2D eigenvalue weighted by atomic mass is 32.2. The molecule has 0 aromatic carbocycles. The zero-order chi connectivity index (χ0) is 16.9. The van der Waals surface area contributed by atoms with E-state index in [0.717, 1.165) is 49.8 Å². The van der Waals surface area contributed by atoms with Gasteiger partial charge in [-0.15, -0.1) is 11.8 Å². The van der Waals surface area contributed by atoms with Crippen molar-refractivity contribution in [2.24, 2.45) is 16.3 Å². The molecule has 0 spiro atoms. The second kappa shape index (κ2) is 8.49. The molecule has 2 aliphatic rings. The Morgan fingerprint density at radius 1 is 1.43 bits per heavy atom. The highest BCUT2D eigenvalue weighted by Crippen LogP contribution is 2.24. The molecule has 2 heterocycles. The van der Waals surface area contributed by atoms with E-state index in [1.165, 1.54) is 0 Å². The highest BCUT2D eigenvalue weighted by molar-refractivity contribution is 8.14. The van der Waals surface area contributed by atoms with Crippen molar-refractivity contribution in [1.29, 1.82) is 0 Å². The van der Waals surface area contributed by atoms with Gasteiger partial charge in [-0.05, 0) is 37.3 Å². The van der Waals surface area contributed by atoms with Crippen LogP contribution in [0.1, 0.15) is 40.0 Å². The number of hydrogen-bond acceptors (Lipinski definition) is 5. The SMILES string of the molecule is CC(C)(C)C(O)CN1CCC(CC(=O)NCC2=NCCS2)CC1. The Kier molecular flexibility index (Phi) is 6.92. The summed E-state index contributed by atoms with van der Waals surface area (Å²) in [6.07, 6.45) is 2.40. The van der Waals surface area contributed by atoms with Gasteiger partial charge in [0.15, 0.2) is 0 Å². The van der Waals surface area contributed by atoms with Gasteiger partial charge in [-0.3, -0.25) is 9.79 Å². The van der Waals surface area contributed by atoms with Crippen molar-refractivity contribution in [3.63, 3.8) is 0 Å². The highest BCUT2D eigenvalue weighted by Gasteiger charge is 2.27. The first-order valence-corrected chi connectivity index (χ1v) is 9.66. The van der Waals surface area contributed by atoms with Crippen LogP contribution in [0.5, 0.6) is 0 Å². The van der Waals surface area contributed by atoms with Crippen molar-refractivity contribution < 1.29 is 9.90 Å². The van der Waals surface area contributed by atoms with Crippen molar-refractivity contribution >= 4 is 22.7 Å². The van der Waals surface area contributed by atoms with Crippen LogP contribution >= 0.6 is 11.8 Å². The molecule has 132 valence electrons. The quantitative estimate of drug-likeness (QED) is 0.773. The van der Waals surface area contributed by atoms with Crippen molar-refractivity contribution in [2.75, 3.05) is 38.5 Å². The molecule has 0 aromatic rings. The van der Waals surface area contributed by atoms with Crippen LogP contribution in [0, 0.1) is 11.3 Å². The predicted molar refractivity (Wildman–Crippen MR) is 97.0 cm³/mol. The van der Waals surface area contributed by atoms with E-state index in [2.05, 4.69) is 36.0 Å². The van der Waals surface area contributed by atoms with Gasteiger partial charge in [-0.1, -0.05) is 20.8 Å². The third kappa shape index (κ3) is 6.43. The third-order valence-electron chi connectivity index (χ3n) is 4.70. The van der Waals surface area contributed by atoms with Gasteiger partial charge in [0.1, 0.15) is 0 Å². The first kappa shape index (κ1) is 18.7. The van der Waals surface area contributed by atoms with Crippen molar-refractivity contribution in [1.82, 2.24) is 10.2 Å². The number of thioether (sulfide) groups is 1. The number of rotatable bonds is 6. The van der Waals surface area contributed by atoms with Gasteiger partial charge < -0.3 is 15.3 Å². The lowest BCUT2D eigenvalue weighted by Gasteiger charge is -2.36. The lowest BCUT2D eigenvalue weighted by molar-refractivity contribution is -0.122. The lowest BCUT2D eigenvalue weighted by atomic mass is 9.87. The maximum Gasteiger partial charge on any atom is 0.220 e. The Hall–Kier alpha value is -0.590. The van der Waals surface area contributed by atoms with Gasteiger partial charge in [0, 0.05) is 25.3 Å². The molecule has 6 heteroatoms. The molecule has 0 bridgehead atoms.